The van der Waals surface area contributed by atoms with Crippen LogP contribution in [0.15, 0.2) is 72.8 Å². The van der Waals surface area contributed by atoms with Crippen molar-refractivity contribution in [2.75, 3.05) is 7.11 Å². The van der Waals surface area contributed by atoms with Crippen LogP contribution in [-0.4, -0.2) is 7.11 Å². The van der Waals surface area contributed by atoms with Gasteiger partial charge in [-0.15, -0.1) is 0 Å². The van der Waals surface area contributed by atoms with Gasteiger partial charge in [-0.2, -0.15) is 0 Å². The van der Waals surface area contributed by atoms with Gasteiger partial charge in [0.15, 0.2) is 0 Å². The summed E-state index contributed by atoms with van der Waals surface area (Å²) < 4.78 is 18.7. The average molecular weight is 335 g/mol. The standard InChI is InChI=1S/C22H22FNO/c1-16(18-6-4-3-5-7-18)24-15-17-8-13-22(25-2)21(14-17)19-9-11-20(23)12-10-19/h3-14,16,24H,15H2,1-2H3. The normalized spacial score (nSPS) is 12.0. The number of benzene rings is 3. The number of ether oxygens (including phenoxy) is 1. The minimum Gasteiger partial charge on any atom is -0.496 e. The fraction of sp³-hybridized carbons (Fsp3) is 0.182. The molecule has 0 saturated heterocycles. The molecular weight excluding hydrogens is 313 g/mol. The lowest BCUT2D eigenvalue weighted by atomic mass is 10.0. The van der Waals surface area contributed by atoms with Gasteiger partial charge in [0.1, 0.15) is 11.6 Å². The Morgan fingerprint density at radius 3 is 2.36 bits per heavy atom. The van der Waals surface area contributed by atoms with E-state index in [2.05, 4.69) is 36.5 Å². The first-order valence-electron chi connectivity index (χ1n) is 8.38. The maximum absolute atomic E-state index is 13.2. The first kappa shape index (κ1) is 17.2. The Morgan fingerprint density at radius 1 is 0.960 bits per heavy atom. The van der Waals surface area contributed by atoms with Crippen LogP contribution >= 0.6 is 0 Å². The zero-order valence-corrected chi connectivity index (χ0v) is 14.5. The molecule has 0 radical (unpaired) electrons. The third kappa shape index (κ3) is 4.25. The predicted octanol–water partition coefficient (Wildman–Crippen LogP) is 5.35. The van der Waals surface area contributed by atoms with Crippen molar-refractivity contribution < 1.29 is 9.13 Å². The lowest BCUT2D eigenvalue weighted by Crippen LogP contribution is -2.18. The molecule has 0 heterocycles. The molecule has 3 aromatic rings. The highest BCUT2D eigenvalue weighted by molar-refractivity contribution is 5.71. The van der Waals surface area contributed by atoms with Gasteiger partial charge in [-0.3, -0.25) is 0 Å². The Kier molecular flexibility index (Phi) is 5.46. The molecule has 2 nitrogen and oxygen atoms in total. The number of hydrogen-bond acceptors (Lipinski definition) is 2. The molecule has 1 N–H and O–H groups in total. The van der Waals surface area contributed by atoms with Crippen molar-refractivity contribution in [2.45, 2.75) is 19.5 Å². The summed E-state index contributed by atoms with van der Waals surface area (Å²) in [6, 6.07) is 23.2. The number of halogens is 1. The Hall–Kier alpha value is -2.65. The summed E-state index contributed by atoms with van der Waals surface area (Å²) in [6.45, 7) is 2.90. The van der Waals surface area contributed by atoms with Crippen LogP contribution in [-0.2, 0) is 6.54 Å². The SMILES string of the molecule is COc1ccc(CNC(C)c2ccccc2)cc1-c1ccc(F)cc1. The van der Waals surface area contributed by atoms with E-state index in [1.54, 1.807) is 19.2 Å². The lowest BCUT2D eigenvalue weighted by molar-refractivity contribution is 0.416. The van der Waals surface area contributed by atoms with E-state index in [4.69, 9.17) is 4.74 Å². The number of nitrogens with one attached hydrogen (secondary N) is 1. The molecule has 0 aliphatic carbocycles. The molecule has 0 aromatic heterocycles. The van der Waals surface area contributed by atoms with E-state index < -0.39 is 0 Å². The van der Waals surface area contributed by atoms with E-state index >= 15 is 0 Å². The molecule has 0 fully saturated rings. The van der Waals surface area contributed by atoms with Gasteiger partial charge in [-0.1, -0.05) is 48.5 Å². The second kappa shape index (κ2) is 7.95. The summed E-state index contributed by atoms with van der Waals surface area (Å²) in [7, 11) is 1.65. The minimum absolute atomic E-state index is 0.239. The molecule has 0 amide bonds. The zero-order chi connectivity index (χ0) is 17.6. The maximum Gasteiger partial charge on any atom is 0.126 e. The van der Waals surface area contributed by atoms with E-state index in [9.17, 15) is 4.39 Å². The summed E-state index contributed by atoms with van der Waals surface area (Å²) in [5, 5.41) is 3.54. The molecule has 0 aliphatic heterocycles. The molecular formula is C22H22FNO. The summed E-state index contributed by atoms with van der Waals surface area (Å²) in [5.41, 5.74) is 4.32. The molecule has 3 rings (SSSR count). The Bertz CT molecular complexity index is 815. The van der Waals surface area contributed by atoms with Crippen molar-refractivity contribution in [3.8, 4) is 16.9 Å². The van der Waals surface area contributed by atoms with Crippen molar-refractivity contribution >= 4 is 0 Å². The van der Waals surface area contributed by atoms with Gasteiger partial charge < -0.3 is 10.1 Å². The molecule has 25 heavy (non-hydrogen) atoms. The maximum atomic E-state index is 13.2. The molecule has 3 aromatic carbocycles. The zero-order valence-electron chi connectivity index (χ0n) is 14.5. The van der Waals surface area contributed by atoms with Crippen molar-refractivity contribution in [3.05, 3.63) is 89.7 Å². The molecule has 3 heteroatoms. The molecule has 0 bridgehead atoms. The van der Waals surface area contributed by atoms with Crippen LogP contribution in [0.5, 0.6) is 5.75 Å². The van der Waals surface area contributed by atoms with Crippen LogP contribution < -0.4 is 10.1 Å². The number of hydrogen-bond donors (Lipinski definition) is 1. The number of methoxy groups -OCH3 is 1. The fourth-order valence-corrected chi connectivity index (χ4v) is 2.85. The third-order valence-electron chi connectivity index (χ3n) is 4.33. The van der Waals surface area contributed by atoms with Crippen molar-refractivity contribution in [1.82, 2.24) is 5.32 Å². The van der Waals surface area contributed by atoms with E-state index in [1.165, 1.54) is 17.7 Å². The smallest absolute Gasteiger partial charge is 0.126 e. The van der Waals surface area contributed by atoms with Gasteiger partial charge in [-0.05, 0) is 47.9 Å². The summed E-state index contributed by atoms with van der Waals surface area (Å²) in [5.74, 6) is 0.545. The highest BCUT2D eigenvalue weighted by atomic mass is 19.1. The van der Waals surface area contributed by atoms with Crippen molar-refractivity contribution in [2.24, 2.45) is 0 Å². The van der Waals surface area contributed by atoms with Gasteiger partial charge in [0.2, 0.25) is 0 Å². The lowest BCUT2D eigenvalue weighted by Gasteiger charge is -2.16. The van der Waals surface area contributed by atoms with Gasteiger partial charge in [0, 0.05) is 18.2 Å². The molecule has 1 atom stereocenters. The van der Waals surface area contributed by atoms with Gasteiger partial charge in [0.25, 0.3) is 0 Å². The average Bonchev–Trinajstić information content (AvgIpc) is 2.67. The summed E-state index contributed by atoms with van der Waals surface area (Å²) >= 11 is 0. The Balaban J connectivity index is 1.78. The largest absolute Gasteiger partial charge is 0.496 e. The van der Waals surface area contributed by atoms with Crippen LogP contribution in [0.1, 0.15) is 24.1 Å². The first-order chi connectivity index (χ1) is 12.2. The van der Waals surface area contributed by atoms with E-state index in [1.807, 2.05) is 24.3 Å². The monoisotopic (exact) mass is 335 g/mol. The minimum atomic E-state index is -0.239. The highest BCUT2D eigenvalue weighted by Crippen LogP contribution is 2.31. The second-order valence-corrected chi connectivity index (χ2v) is 6.05. The van der Waals surface area contributed by atoms with Gasteiger partial charge in [0.05, 0.1) is 7.11 Å². The fourth-order valence-electron chi connectivity index (χ4n) is 2.85. The molecule has 1 unspecified atom stereocenters. The van der Waals surface area contributed by atoms with Gasteiger partial charge >= 0.3 is 0 Å². The van der Waals surface area contributed by atoms with E-state index in [0.29, 0.717) is 0 Å². The summed E-state index contributed by atoms with van der Waals surface area (Å²) in [6.07, 6.45) is 0. The van der Waals surface area contributed by atoms with Crippen LogP contribution in [0.2, 0.25) is 0 Å². The predicted molar refractivity (Wildman–Crippen MR) is 100 cm³/mol. The van der Waals surface area contributed by atoms with Crippen LogP contribution in [0.25, 0.3) is 11.1 Å². The molecule has 0 spiro atoms. The van der Waals surface area contributed by atoms with Crippen LogP contribution in [0.3, 0.4) is 0 Å². The van der Waals surface area contributed by atoms with Crippen molar-refractivity contribution in [3.63, 3.8) is 0 Å². The topological polar surface area (TPSA) is 21.3 Å². The molecule has 0 aliphatic rings. The third-order valence-corrected chi connectivity index (χ3v) is 4.33. The highest BCUT2D eigenvalue weighted by Gasteiger charge is 2.09. The quantitative estimate of drug-likeness (QED) is 0.655. The molecule has 0 saturated carbocycles. The first-order valence-corrected chi connectivity index (χ1v) is 8.38. The van der Waals surface area contributed by atoms with Crippen LogP contribution in [0.4, 0.5) is 4.39 Å². The van der Waals surface area contributed by atoms with Crippen LogP contribution in [0, 0.1) is 5.82 Å². The van der Waals surface area contributed by atoms with Crippen molar-refractivity contribution in [1.29, 1.82) is 0 Å². The second-order valence-electron chi connectivity index (χ2n) is 6.05. The Morgan fingerprint density at radius 2 is 1.68 bits per heavy atom. The number of rotatable bonds is 6. The van der Waals surface area contributed by atoms with E-state index in [-0.39, 0.29) is 11.9 Å². The molecule has 128 valence electrons. The Labute approximate surface area is 148 Å². The van der Waals surface area contributed by atoms with E-state index in [0.717, 1.165) is 29.0 Å². The summed E-state index contributed by atoms with van der Waals surface area (Å²) in [4.78, 5) is 0. The van der Waals surface area contributed by atoms with Gasteiger partial charge in [-0.25, -0.2) is 4.39 Å².